The van der Waals surface area contributed by atoms with Crippen LogP contribution in [0.25, 0.3) is 0 Å². The minimum atomic E-state index is -3.94. The molecule has 0 aliphatic heterocycles. The largest absolute Gasteiger partial charge is 0.472 e. The monoisotopic (exact) mass is 408 g/mol. The maximum Gasteiger partial charge on any atom is 0.472 e. The second-order valence-corrected chi connectivity index (χ2v) is 9.97. The van der Waals surface area contributed by atoms with Crippen LogP contribution in [0.15, 0.2) is 0 Å². The van der Waals surface area contributed by atoms with Crippen LogP contribution in [0, 0.1) is 5.92 Å². The number of hydrogen-bond acceptors (Lipinski definition) is 3. The average Bonchev–Trinajstić information content (AvgIpc) is 2.60. The zero-order valence-corrected chi connectivity index (χ0v) is 19.6. The van der Waals surface area contributed by atoms with Gasteiger partial charge in [-0.1, -0.05) is 72.1 Å². The van der Waals surface area contributed by atoms with Crippen LogP contribution in [-0.4, -0.2) is 49.8 Å². The molecule has 0 aromatic heterocycles. The number of rotatable bonds is 19. The molecule has 2 atom stereocenters. The lowest BCUT2D eigenvalue weighted by atomic mass is 10.0. The highest BCUT2D eigenvalue weighted by molar-refractivity contribution is 7.47. The number of phosphoric ester groups is 1. The van der Waals surface area contributed by atoms with Crippen LogP contribution in [0.5, 0.6) is 0 Å². The molecule has 27 heavy (non-hydrogen) atoms. The average molecular weight is 409 g/mol. The number of unbranched alkanes of at least 4 members (excludes halogenated alkanes) is 7. The van der Waals surface area contributed by atoms with Crippen molar-refractivity contribution in [3.8, 4) is 0 Å². The summed E-state index contributed by atoms with van der Waals surface area (Å²) in [7, 11) is 0.373. The standard InChI is InChI=1S/C21H46NO4P/c1-6-9-11-12-13-14-15-17-22(4,5)18-19-25-27(23,24)26-20-21(8-3)16-10-7-2/h21H,6-20H2,1-5H3/p+1. The highest BCUT2D eigenvalue weighted by atomic mass is 31.2. The van der Waals surface area contributed by atoms with E-state index in [9.17, 15) is 9.46 Å². The summed E-state index contributed by atoms with van der Waals surface area (Å²) in [6, 6.07) is 0. The van der Waals surface area contributed by atoms with Crippen molar-refractivity contribution in [2.24, 2.45) is 5.92 Å². The predicted octanol–water partition coefficient (Wildman–Crippen LogP) is 6.16. The first-order valence-corrected chi connectivity index (χ1v) is 12.7. The molecular formula is C21H47NO4P+. The number of nitrogens with zero attached hydrogens (tertiary/aromatic N) is 1. The molecule has 0 heterocycles. The quantitative estimate of drug-likeness (QED) is 0.158. The van der Waals surface area contributed by atoms with Gasteiger partial charge in [0.1, 0.15) is 13.2 Å². The van der Waals surface area contributed by atoms with Crippen LogP contribution in [0.2, 0.25) is 0 Å². The summed E-state index contributed by atoms with van der Waals surface area (Å²) in [5.41, 5.74) is 0. The van der Waals surface area contributed by atoms with Gasteiger partial charge in [0.05, 0.1) is 27.2 Å². The van der Waals surface area contributed by atoms with E-state index in [0.717, 1.165) is 43.3 Å². The molecule has 0 aliphatic rings. The van der Waals surface area contributed by atoms with Gasteiger partial charge in [-0.25, -0.2) is 4.57 Å². The van der Waals surface area contributed by atoms with Gasteiger partial charge in [-0.2, -0.15) is 0 Å². The van der Waals surface area contributed by atoms with Crippen LogP contribution < -0.4 is 0 Å². The summed E-state index contributed by atoms with van der Waals surface area (Å²) in [5, 5.41) is 0. The van der Waals surface area contributed by atoms with E-state index < -0.39 is 7.82 Å². The second kappa shape index (κ2) is 15.9. The third kappa shape index (κ3) is 16.7. The Kier molecular flexibility index (Phi) is 16.0. The van der Waals surface area contributed by atoms with Crippen molar-refractivity contribution < 1.29 is 23.0 Å². The van der Waals surface area contributed by atoms with E-state index >= 15 is 0 Å². The molecule has 0 aliphatic carbocycles. The van der Waals surface area contributed by atoms with E-state index in [0.29, 0.717) is 12.5 Å². The molecule has 0 saturated carbocycles. The fourth-order valence-corrected chi connectivity index (χ4v) is 3.93. The van der Waals surface area contributed by atoms with Crippen molar-refractivity contribution >= 4 is 7.82 Å². The maximum absolute atomic E-state index is 12.1. The van der Waals surface area contributed by atoms with Crippen molar-refractivity contribution in [1.29, 1.82) is 0 Å². The molecule has 0 bridgehead atoms. The lowest BCUT2D eigenvalue weighted by Gasteiger charge is -2.30. The van der Waals surface area contributed by atoms with Gasteiger partial charge in [-0.05, 0) is 25.2 Å². The van der Waals surface area contributed by atoms with E-state index in [1.165, 1.54) is 44.9 Å². The Labute approximate surface area is 169 Å². The van der Waals surface area contributed by atoms with Crippen molar-refractivity contribution in [3.05, 3.63) is 0 Å². The van der Waals surface area contributed by atoms with Gasteiger partial charge < -0.3 is 9.38 Å². The summed E-state index contributed by atoms with van der Waals surface area (Å²) >= 11 is 0. The molecule has 0 radical (unpaired) electrons. The van der Waals surface area contributed by atoms with Gasteiger partial charge in [0.2, 0.25) is 0 Å². The molecule has 6 heteroatoms. The van der Waals surface area contributed by atoms with Crippen molar-refractivity contribution in [2.75, 3.05) is 40.4 Å². The molecule has 0 saturated heterocycles. The normalized spacial score (nSPS) is 15.6. The third-order valence-electron chi connectivity index (χ3n) is 5.33. The molecule has 0 spiro atoms. The Morgan fingerprint density at radius 2 is 1.44 bits per heavy atom. The van der Waals surface area contributed by atoms with Gasteiger partial charge in [0, 0.05) is 0 Å². The maximum atomic E-state index is 12.1. The minimum Gasteiger partial charge on any atom is -0.327 e. The van der Waals surface area contributed by atoms with E-state index in [1.807, 2.05) is 0 Å². The fourth-order valence-electron chi connectivity index (χ4n) is 3.15. The van der Waals surface area contributed by atoms with Crippen LogP contribution >= 0.6 is 7.82 Å². The topological polar surface area (TPSA) is 55.8 Å². The highest BCUT2D eigenvalue weighted by Gasteiger charge is 2.24. The van der Waals surface area contributed by atoms with E-state index in [4.69, 9.17) is 9.05 Å². The highest BCUT2D eigenvalue weighted by Crippen LogP contribution is 2.43. The SMILES string of the molecule is CCCCCCCCC[N+](C)(C)CCOP(=O)(O)OCC(CC)CCCC. The Bertz CT molecular complexity index is 390. The van der Waals surface area contributed by atoms with Crippen molar-refractivity contribution in [2.45, 2.75) is 91.4 Å². The van der Waals surface area contributed by atoms with Gasteiger partial charge in [0.15, 0.2) is 0 Å². The Hall–Kier alpha value is 0.0700. The van der Waals surface area contributed by atoms with Gasteiger partial charge in [-0.3, -0.25) is 9.05 Å². The van der Waals surface area contributed by atoms with Gasteiger partial charge in [-0.15, -0.1) is 0 Å². The van der Waals surface area contributed by atoms with Crippen LogP contribution in [-0.2, 0) is 13.6 Å². The minimum absolute atomic E-state index is 0.253. The van der Waals surface area contributed by atoms with Crippen molar-refractivity contribution in [3.63, 3.8) is 0 Å². The fraction of sp³-hybridized carbons (Fsp3) is 1.00. The smallest absolute Gasteiger partial charge is 0.327 e. The number of quaternary nitrogens is 1. The van der Waals surface area contributed by atoms with Crippen molar-refractivity contribution in [1.82, 2.24) is 0 Å². The number of likely N-dealkylation sites (N-methyl/N-ethyl adjacent to an activating group) is 1. The molecule has 0 aromatic rings. The third-order valence-corrected chi connectivity index (χ3v) is 6.32. The summed E-state index contributed by atoms with van der Waals surface area (Å²) in [5.74, 6) is 0.332. The molecule has 0 rings (SSSR count). The molecule has 0 fully saturated rings. The molecular weight excluding hydrogens is 361 g/mol. The lowest BCUT2D eigenvalue weighted by Crippen LogP contribution is -2.42. The van der Waals surface area contributed by atoms with Crippen LogP contribution in [0.1, 0.15) is 91.4 Å². The lowest BCUT2D eigenvalue weighted by molar-refractivity contribution is -0.890. The summed E-state index contributed by atoms with van der Waals surface area (Å²) < 4.78 is 23.3. The first-order chi connectivity index (χ1) is 12.8. The Morgan fingerprint density at radius 3 is 2.04 bits per heavy atom. The van der Waals surface area contributed by atoms with Gasteiger partial charge in [0.25, 0.3) is 0 Å². The van der Waals surface area contributed by atoms with Crippen LogP contribution in [0.4, 0.5) is 0 Å². The first-order valence-electron chi connectivity index (χ1n) is 11.2. The summed E-state index contributed by atoms with van der Waals surface area (Å²) in [6.07, 6.45) is 13.4. The zero-order valence-electron chi connectivity index (χ0n) is 18.8. The Morgan fingerprint density at radius 1 is 0.852 bits per heavy atom. The molecule has 1 N–H and O–H groups in total. The molecule has 0 amide bonds. The van der Waals surface area contributed by atoms with Gasteiger partial charge >= 0.3 is 7.82 Å². The molecule has 2 unspecified atom stereocenters. The first kappa shape index (κ1) is 27.1. The number of hydrogen-bond donors (Lipinski definition) is 1. The Balaban J connectivity index is 3.93. The number of phosphoric acid groups is 1. The zero-order chi connectivity index (χ0) is 20.6. The predicted molar refractivity (Wildman–Crippen MR) is 115 cm³/mol. The van der Waals surface area contributed by atoms with E-state index in [2.05, 4.69) is 34.9 Å². The molecule has 0 aromatic carbocycles. The van der Waals surface area contributed by atoms with E-state index in [-0.39, 0.29) is 6.61 Å². The second-order valence-electron chi connectivity index (χ2n) is 8.52. The van der Waals surface area contributed by atoms with Crippen LogP contribution in [0.3, 0.4) is 0 Å². The molecule has 5 nitrogen and oxygen atoms in total. The van der Waals surface area contributed by atoms with E-state index in [1.54, 1.807) is 0 Å². The molecule has 164 valence electrons. The summed E-state index contributed by atoms with van der Waals surface area (Å²) in [4.78, 5) is 9.90. The summed E-state index contributed by atoms with van der Waals surface area (Å²) in [6.45, 7) is 8.84.